The molecular formula is C22H22N10. The van der Waals surface area contributed by atoms with Gasteiger partial charge in [-0.25, -0.2) is 9.67 Å². The van der Waals surface area contributed by atoms with Crippen LogP contribution in [0.25, 0.3) is 5.69 Å². The molecule has 0 unspecified atom stereocenters. The molecule has 0 bridgehead atoms. The first kappa shape index (κ1) is 22.0. The highest BCUT2D eigenvalue weighted by Gasteiger charge is 2.15. The van der Waals surface area contributed by atoms with Crippen LogP contribution in [0.15, 0.2) is 78.9 Å². The molecule has 0 saturated carbocycles. The summed E-state index contributed by atoms with van der Waals surface area (Å²) in [6, 6.07) is 5.69. The summed E-state index contributed by atoms with van der Waals surface area (Å²) in [4.78, 5) is 13.1. The van der Waals surface area contributed by atoms with Crippen molar-refractivity contribution in [1.82, 2.24) is 24.7 Å². The van der Waals surface area contributed by atoms with Gasteiger partial charge in [-0.05, 0) is 12.1 Å². The third-order valence-corrected chi connectivity index (χ3v) is 4.08. The molecule has 3 aromatic rings. The van der Waals surface area contributed by atoms with E-state index in [1.165, 1.54) is 4.68 Å². The average molecular weight is 426 g/mol. The maximum atomic E-state index is 9.51. The fourth-order valence-electron chi connectivity index (χ4n) is 2.66. The summed E-state index contributed by atoms with van der Waals surface area (Å²) in [7, 11) is 0. The fraction of sp³-hybridized carbons (Fsp3) is 0.136. The second-order valence-corrected chi connectivity index (χ2v) is 6.36. The van der Waals surface area contributed by atoms with Crippen molar-refractivity contribution in [2.45, 2.75) is 6.42 Å². The molecule has 10 nitrogen and oxygen atoms in total. The van der Waals surface area contributed by atoms with Crippen LogP contribution in [0, 0.1) is 11.3 Å². The smallest absolute Gasteiger partial charge is 0.225 e. The Hall–Kier alpha value is -4.65. The lowest BCUT2D eigenvalue weighted by Crippen LogP contribution is -2.09. The van der Waals surface area contributed by atoms with E-state index < -0.39 is 0 Å². The van der Waals surface area contributed by atoms with Crippen molar-refractivity contribution in [2.24, 2.45) is 10.2 Å². The van der Waals surface area contributed by atoms with Crippen molar-refractivity contribution in [3.63, 3.8) is 0 Å². The average Bonchev–Trinajstić information content (AvgIpc) is 3.24. The number of pyridine rings is 1. The Balaban J connectivity index is 2.03. The Morgan fingerprint density at radius 3 is 2.59 bits per heavy atom. The van der Waals surface area contributed by atoms with Crippen LogP contribution >= 0.6 is 0 Å². The summed E-state index contributed by atoms with van der Waals surface area (Å²) >= 11 is 0. The van der Waals surface area contributed by atoms with Crippen molar-refractivity contribution in [3.05, 3.63) is 79.9 Å². The quantitative estimate of drug-likeness (QED) is 0.346. The summed E-state index contributed by atoms with van der Waals surface area (Å²) in [6.45, 7) is 12.2. The van der Waals surface area contributed by atoms with Crippen LogP contribution in [-0.4, -0.2) is 37.8 Å². The zero-order valence-electron chi connectivity index (χ0n) is 17.4. The molecule has 0 aliphatic rings. The number of rotatable bonds is 11. The van der Waals surface area contributed by atoms with Crippen LogP contribution in [0.1, 0.15) is 11.3 Å². The van der Waals surface area contributed by atoms with Gasteiger partial charge in [-0.15, -0.1) is 35.1 Å². The number of nitrogens with zero attached hydrogens (tertiary/aromatic N) is 8. The minimum absolute atomic E-state index is 0.171. The molecule has 0 aromatic carbocycles. The highest BCUT2D eigenvalue weighted by Crippen LogP contribution is 2.31. The van der Waals surface area contributed by atoms with E-state index >= 15 is 0 Å². The minimum atomic E-state index is 0.171. The topological polar surface area (TPSA) is 129 Å². The van der Waals surface area contributed by atoms with Gasteiger partial charge in [0.25, 0.3) is 0 Å². The van der Waals surface area contributed by atoms with Crippen molar-refractivity contribution >= 4 is 23.3 Å². The molecule has 2 N–H and O–H groups in total. The second kappa shape index (κ2) is 10.9. The minimum Gasteiger partial charge on any atom is -0.365 e. The third-order valence-electron chi connectivity index (χ3n) is 4.08. The number of nitrogens with one attached hydrogen (secondary N) is 2. The van der Waals surface area contributed by atoms with Gasteiger partial charge in [0, 0.05) is 25.7 Å². The van der Waals surface area contributed by atoms with Gasteiger partial charge in [-0.1, -0.05) is 18.2 Å². The van der Waals surface area contributed by atoms with Crippen molar-refractivity contribution in [1.29, 1.82) is 5.26 Å². The number of azo groups is 1. The molecule has 0 saturated heterocycles. The molecule has 0 amide bonds. The normalized spacial score (nSPS) is 10.5. The van der Waals surface area contributed by atoms with Crippen LogP contribution in [0.3, 0.4) is 0 Å². The van der Waals surface area contributed by atoms with E-state index in [1.54, 1.807) is 42.9 Å². The number of hydrogen-bond donors (Lipinski definition) is 2. The number of allylic oxidation sites excluding steroid dienone is 1. The Morgan fingerprint density at radius 2 is 1.91 bits per heavy atom. The number of hydrogen-bond acceptors (Lipinski definition) is 9. The highest BCUT2D eigenvalue weighted by atomic mass is 15.3. The van der Waals surface area contributed by atoms with Crippen molar-refractivity contribution in [2.75, 3.05) is 23.7 Å². The molecule has 10 heteroatoms. The number of nitriles is 1. The summed E-state index contributed by atoms with van der Waals surface area (Å²) in [5.41, 5.74) is 2.01. The van der Waals surface area contributed by atoms with Crippen LogP contribution in [0.4, 0.5) is 23.3 Å². The first-order valence-electron chi connectivity index (χ1n) is 9.73. The molecule has 32 heavy (non-hydrogen) atoms. The lowest BCUT2D eigenvalue weighted by molar-refractivity contribution is 0.868. The molecule has 160 valence electrons. The summed E-state index contributed by atoms with van der Waals surface area (Å²) in [5.74, 6) is 1.06. The van der Waals surface area contributed by atoms with E-state index in [0.717, 1.165) is 0 Å². The van der Waals surface area contributed by atoms with E-state index in [2.05, 4.69) is 66.7 Å². The monoisotopic (exact) mass is 426 g/mol. The molecule has 3 heterocycles. The van der Waals surface area contributed by atoms with Crippen molar-refractivity contribution < 1.29 is 0 Å². The molecule has 0 fully saturated rings. The fourth-order valence-corrected chi connectivity index (χ4v) is 2.66. The van der Waals surface area contributed by atoms with Gasteiger partial charge in [-0.3, -0.25) is 4.98 Å². The maximum Gasteiger partial charge on any atom is 0.225 e. The predicted octanol–water partition coefficient (Wildman–Crippen LogP) is 4.27. The first-order chi connectivity index (χ1) is 15.7. The Morgan fingerprint density at radius 1 is 1.09 bits per heavy atom. The third kappa shape index (κ3) is 5.28. The maximum absolute atomic E-state index is 9.51. The van der Waals surface area contributed by atoms with Gasteiger partial charge in [0.05, 0.1) is 23.8 Å². The second-order valence-electron chi connectivity index (χ2n) is 6.36. The lowest BCUT2D eigenvalue weighted by atomic mass is 10.2. The summed E-state index contributed by atoms with van der Waals surface area (Å²) in [6.07, 6.45) is 10.4. The molecule has 0 spiro atoms. The van der Waals surface area contributed by atoms with Crippen LogP contribution in [0.2, 0.25) is 0 Å². The molecule has 0 radical (unpaired) electrons. The molecule has 0 aliphatic carbocycles. The van der Waals surface area contributed by atoms with E-state index in [0.29, 0.717) is 48.3 Å². The standard InChI is InChI=1S/C22H22N10/c1-4-8-18-19(21(25-10-5-2)28-22(27-18)26-11-6-3)29-30-20-16(13-23)15-32(31-20)17-9-7-12-24-14-17/h4-7,9,12,14-15H,1-3,8,10-11H2,(H2,25,26,27,28). The molecule has 0 atom stereocenters. The van der Waals surface area contributed by atoms with E-state index in [9.17, 15) is 5.26 Å². The van der Waals surface area contributed by atoms with Gasteiger partial charge in [0.2, 0.25) is 11.8 Å². The van der Waals surface area contributed by atoms with E-state index in [-0.39, 0.29) is 11.4 Å². The van der Waals surface area contributed by atoms with Gasteiger partial charge < -0.3 is 10.6 Å². The van der Waals surface area contributed by atoms with Crippen LogP contribution in [0.5, 0.6) is 0 Å². The van der Waals surface area contributed by atoms with Crippen LogP contribution in [-0.2, 0) is 6.42 Å². The largest absolute Gasteiger partial charge is 0.365 e. The lowest BCUT2D eigenvalue weighted by Gasteiger charge is -2.12. The van der Waals surface area contributed by atoms with E-state index in [1.807, 2.05) is 6.07 Å². The molecule has 3 aromatic heterocycles. The summed E-state index contributed by atoms with van der Waals surface area (Å²) < 4.78 is 1.53. The summed E-state index contributed by atoms with van der Waals surface area (Å²) in [5, 5.41) is 28.7. The SMILES string of the molecule is C=CCNc1nc(CC=C)c(N=Nc2nn(-c3cccnc3)cc2C#N)c(NCC=C)n1. The zero-order valence-corrected chi connectivity index (χ0v) is 17.4. The molecule has 3 rings (SSSR count). The zero-order chi connectivity index (χ0) is 22.8. The highest BCUT2D eigenvalue weighted by molar-refractivity contribution is 5.66. The van der Waals surface area contributed by atoms with Gasteiger partial charge in [0.15, 0.2) is 5.82 Å². The van der Waals surface area contributed by atoms with Crippen molar-refractivity contribution in [3.8, 4) is 11.8 Å². The number of aromatic nitrogens is 5. The first-order valence-corrected chi connectivity index (χ1v) is 9.73. The van der Waals surface area contributed by atoms with E-state index in [4.69, 9.17) is 0 Å². The number of anilines is 2. The van der Waals surface area contributed by atoms with Crippen LogP contribution < -0.4 is 10.6 Å². The Labute approximate surface area is 185 Å². The molecular weight excluding hydrogens is 404 g/mol. The molecule has 0 aliphatic heterocycles. The Bertz CT molecular complexity index is 1170. The van der Waals surface area contributed by atoms with Gasteiger partial charge in [-0.2, -0.15) is 10.2 Å². The van der Waals surface area contributed by atoms with Gasteiger partial charge >= 0.3 is 0 Å². The Kier molecular flexibility index (Phi) is 7.53. The predicted molar refractivity (Wildman–Crippen MR) is 124 cm³/mol. The van der Waals surface area contributed by atoms with Gasteiger partial charge in [0.1, 0.15) is 17.3 Å².